The molecule has 0 aliphatic carbocycles. The Kier molecular flexibility index (Phi) is 4.07. The molecule has 4 nitrogen and oxygen atoms in total. The molecule has 1 unspecified atom stereocenters. The largest absolute Gasteiger partial charge is 0.342 e. The lowest BCUT2D eigenvalue weighted by molar-refractivity contribution is -0.131. The molecule has 0 saturated carbocycles. The highest BCUT2D eigenvalue weighted by molar-refractivity contribution is 7.91. The molecule has 1 fully saturated rings. The molecule has 1 atom stereocenters. The molecular weight excluding hydrogens is 270 g/mol. The topological polar surface area (TPSA) is 54.5 Å². The molecule has 0 aromatic carbocycles. The standard InChI is InChI=1S/C12H17NO3S2/c1-13(10-6-8-18(15,16)9-10)12(14)5-4-11-3-2-7-17-11/h2-3,7,10H,4-6,8-9H2,1H3. The lowest BCUT2D eigenvalue weighted by Gasteiger charge is -2.23. The molecule has 1 aromatic heterocycles. The average molecular weight is 287 g/mol. The molecule has 18 heavy (non-hydrogen) atoms. The van der Waals surface area contributed by atoms with Crippen molar-refractivity contribution in [3.8, 4) is 0 Å². The van der Waals surface area contributed by atoms with Gasteiger partial charge in [-0.1, -0.05) is 6.07 Å². The summed E-state index contributed by atoms with van der Waals surface area (Å²) < 4.78 is 22.8. The number of carbonyl (C=O) groups excluding carboxylic acids is 1. The van der Waals surface area contributed by atoms with Gasteiger partial charge in [-0.3, -0.25) is 4.79 Å². The van der Waals surface area contributed by atoms with Gasteiger partial charge in [-0.25, -0.2) is 8.42 Å². The van der Waals surface area contributed by atoms with Crippen LogP contribution >= 0.6 is 11.3 Å². The van der Waals surface area contributed by atoms with Crippen LogP contribution in [0.2, 0.25) is 0 Å². The Labute approximate surface area is 112 Å². The summed E-state index contributed by atoms with van der Waals surface area (Å²) in [5.41, 5.74) is 0. The molecular formula is C12H17NO3S2. The Hall–Kier alpha value is -0.880. The van der Waals surface area contributed by atoms with Crippen LogP contribution in [0.1, 0.15) is 17.7 Å². The first-order valence-electron chi connectivity index (χ1n) is 5.96. The first kappa shape index (κ1) is 13.5. The van der Waals surface area contributed by atoms with Crippen LogP contribution in [-0.4, -0.2) is 43.8 Å². The van der Waals surface area contributed by atoms with Crippen molar-refractivity contribution in [2.24, 2.45) is 0 Å². The van der Waals surface area contributed by atoms with Crippen LogP contribution in [-0.2, 0) is 21.1 Å². The summed E-state index contributed by atoms with van der Waals surface area (Å²) in [5, 5.41) is 1.99. The van der Waals surface area contributed by atoms with Crippen LogP contribution in [0.4, 0.5) is 0 Å². The van der Waals surface area contributed by atoms with Gasteiger partial charge >= 0.3 is 0 Å². The smallest absolute Gasteiger partial charge is 0.222 e. The summed E-state index contributed by atoms with van der Waals surface area (Å²) in [5.74, 6) is 0.361. The number of hydrogen-bond donors (Lipinski definition) is 0. The molecule has 1 aromatic rings. The molecule has 2 rings (SSSR count). The SMILES string of the molecule is CN(C(=O)CCc1cccs1)C1CCS(=O)(=O)C1. The summed E-state index contributed by atoms with van der Waals surface area (Å²) in [4.78, 5) is 14.8. The van der Waals surface area contributed by atoms with E-state index in [0.29, 0.717) is 12.8 Å². The van der Waals surface area contributed by atoms with E-state index in [9.17, 15) is 13.2 Å². The molecule has 2 heterocycles. The first-order chi connectivity index (χ1) is 8.48. The lowest BCUT2D eigenvalue weighted by atomic mass is 10.2. The van der Waals surface area contributed by atoms with Crippen LogP contribution in [0.3, 0.4) is 0 Å². The van der Waals surface area contributed by atoms with Gasteiger partial charge in [0.2, 0.25) is 5.91 Å². The zero-order valence-electron chi connectivity index (χ0n) is 10.3. The molecule has 1 amide bonds. The first-order valence-corrected chi connectivity index (χ1v) is 8.66. The van der Waals surface area contributed by atoms with E-state index < -0.39 is 9.84 Å². The molecule has 1 saturated heterocycles. The van der Waals surface area contributed by atoms with E-state index in [1.165, 1.54) is 4.88 Å². The lowest BCUT2D eigenvalue weighted by Crippen LogP contribution is -2.37. The second-order valence-corrected chi connectivity index (χ2v) is 7.90. The van der Waals surface area contributed by atoms with Crippen molar-refractivity contribution in [1.29, 1.82) is 0 Å². The van der Waals surface area contributed by atoms with E-state index in [4.69, 9.17) is 0 Å². The summed E-state index contributed by atoms with van der Waals surface area (Å²) in [7, 11) is -1.21. The van der Waals surface area contributed by atoms with Gasteiger partial charge in [-0.2, -0.15) is 0 Å². The van der Waals surface area contributed by atoms with Crippen molar-refractivity contribution in [3.05, 3.63) is 22.4 Å². The molecule has 0 bridgehead atoms. The van der Waals surface area contributed by atoms with Crippen LogP contribution < -0.4 is 0 Å². The Morgan fingerprint density at radius 2 is 2.33 bits per heavy atom. The zero-order chi connectivity index (χ0) is 13.2. The third-order valence-electron chi connectivity index (χ3n) is 3.31. The summed E-state index contributed by atoms with van der Waals surface area (Å²) >= 11 is 1.64. The summed E-state index contributed by atoms with van der Waals surface area (Å²) in [6.45, 7) is 0. The monoisotopic (exact) mass is 287 g/mol. The maximum Gasteiger partial charge on any atom is 0.222 e. The fraction of sp³-hybridized carbons (Fsp3) is 0.583. The normalized spacial score (nSPS) is 21.9. The van der Waals surface area contributed by atoms with Gasteiger partial charge in [0, 0.05) is 24.4 Å². The fourth-order valence-electron chi connectivity index (χ4n) is 2.15. The number of hydrogen-bond acceptors (Lipinski definition) is 4. The van der Waals surface area contributed by atoms with Crippen LogP contribution in [0.5, 0.6) is 0 Å². The third kappa shape index (κ3) is 3.32. The van der Waals surface area contributed by atoms with Gasteiger partial charge in [0.05, 0.1) is 11.5 Å². The number of nitrogens with zero attached hydrogens (tertiary/aromatic N) is 1. The molecule has 0 N–H and O–H groups in total. The number of aryl methyl sites for hydroxylation is 1. The number of amides is 1. The number of rotatable bonds is 4. The zero-order valence-corrected chi connectivity index (χ0v) is 12.0. The Bertz CT molecular complexity index is 507. The average Bonchev–Trinajstić information content (AvgIpc) is 2.94. The quantitative estimate of drug-likeness (QED) is 0.839. The van der Waals surface area contributed by atoms with Gasteiger partial charge in [-0.15, -0.1) is 11.3 Å². The molecule has 100 valence electrons. The minimum Gasteiger partial charge on any atom is -0.342 e. The Morgan fingerprint density at radius 1 is 1.56 bits per heavy atom. The highest BCUT2D eigenvalue weighted by Gasteiger charge is 2.32. The van der Waals surface area contributed by atoms with Gasteiger partial charge in [-0.05, 0) is 24.3 Å². The maximum atomic E-state index is 12.0. The van der Waals surface area contributed by atoms with Crippen molar-refractivity contribution in [3.63, 3.8) is 0 Å². The predicted octanol–water partition coefficient (Wildman–Crippen LogP) is 1.33. The van der Waals surface area contributed by atoms with E-state index >= 15 is 0 Å². The minimum absolute atomic E-state index is 0.0329. The second-order valence-electron chi connectivity index (χ2n) is 4.64. The van der Waals surface area contributed by atoms with Gasteiger partial charge < -0.3 is 4.90 Å². The predicted molar refractivity (Wildman–Crippen MR) is 72.5 cm³/mol. The van der Waals surface area contributed by atoms with Gasteiger partial charge in [0.25, 0.3) is 0 Å². The number of sulfone groups is 1. The molecule has 1 aliphatic heterocycles. The number of carbonyl (C=O) groups is 1. The van der Waals surface area contributed by atoms with E-state index in [1.54, 1.807) is 23.3 Å². The highest BCUT2D eigenvalue weighted by atomic mass is 32.2. The maximum absolute atomic E-state index is 12.0. The van der Waals surface area contributed by atoms with Crippen molar-refractivity contribution in [2.75, 3.05) is 18.6 Å². The van der Waals surface area contributed by atoms with Gasteiger partial charge in [0.1, 0.15) is 0 Å². The Morgan fingerprint density at radius 3 is 2.89 bits per heavy atom. The summed E-state index contributed by atoms with van der Waals surface area (Å²) in [6.07, 6.45) is 1.76. The molecule has 0 spiro atoms. The van der Waals surface area contributed by atoms with Gasteiger partial charge in [0.15, 0.2) is 9.84 Å². The van der Waals surface area contributed by atoms with E-state index in [-0.39, 0.29) is 23.5 Å². The second kappa shape index (κ2) is 5.40. The van der Waals surface area contributed by atoms with Crippen LogP contribution in [0.15, 0.2) is 17.5 Å². The summed E-state index contributed by atoms with van der Waals surface area (Å²) in [6, 6.07) is 3.85. The van der Waals surface area contributed by atoms with Crippen molar-refractivity contribution in [2.45, 2.75) is 25.3 Å². The molecule has 0 radical (unpaired) electrons. The number of thiophene rings is 1. The van der Waals surface area contributed by atoms with E-state index in [2.05, 4.69) is 0 Å². The molecule has 6 heteroatoms. The fourth-order valence-corrected chi connectivity index (χ4v) is 4.63. The van der Waals surface area contributed by atoms with E-state index in [1.807, 2.05) is 17.5 Å². The van der Waals surface area contributed by atoms with Crippen molar-refractivity contribution in [1.82, 2.24) is 4.90 Å². The van der Waals surface area contributed by atoms with Crippen molar-refractivity contribution < 1.29 is 13.2 Å². The highest BCUT2D eigenvalue weighted by Crippen LogP contribution is 2.18. The van der Waals surface area contributed by atoms with Crippen LogP contribution in [0.25, 0.3) is 0 Å². The third-order valence-corrected chi connectivity index (χ3v) is 6.00. The van der Waals surface area contributed by atoms with Crippen LogP contribution in [0, 0.1) is 0 Å². The molecule has 1 aliphatic rings. The minimum atomic E-state index is -2.92. The van der Waals surface area contributed by atoms with E-state index in [0.717, 1.165) is 6.42 Å². The Balaban J connectivity index is 1.85. The van der Waals surface area contributed by atoms with Crippen molar-refractivity contribution >= 4 is 27.1 Å².